The van der Waals surface area contributed by atoms with E-state index < -0.39 is 0 Å². The molecule has 1 atom stereocenters. The van der Waals surface area contributed by atoms with Gasteiger partial charge in [-0.3, -0.25) is 4.90 Å². The van der Waals surface area contributed by atoms with Gasteiger partial charge in [0.25, 0.3) is 0 Å². The van der Waals surface area contributed by atoms with Gasteiger partial charge in [0.05, 0.1) is 11.7 Å². The van der Waals surface area contributed by atoms with Crippen molar-refractivity contribution in [3.05, 3.63) is 15.6 Å². The van der Waals surface area contributed by atoms with Crippen molar-refractivity contribution in [3.63, 3.8) is 0 Å². The van der Waals surface area contributed by atoms with Gasteiger partial charge in [0.2, 0.25) is 0 Å². The summed E-state index contributed by atoms with van der Waals surface area (Å²) in [6, 6.07) is 1.24. The van der Waals surface area contributed by atoms with Crippen LogP contribution in [0.5, 0.6) is 0 Å². The number of nitrogens with one attached hydrogen (secondary N) is 1. The molecule has 1 N–H and O–H groups in total. The van der Waals surface area contributed by atoms with Crippen molar-refractivity contribution in [1.29, 1.82) is 0 Å². The van der Waals surface area contributed by atoms with Gasteiger partial charge in [0.15, 0.2) is 0 Å². The Morgan fingerprint density at radius 2 is 2.11 bits per heavy atom. The summed E-state index contributed by atoms with van der Waals surface area (Å²) in [5.74, 6) is 0. The number of likely N-dealkylation sites (N-methyl/N-ethyl adjacent to an activating group) is 2. The minimum absolute atomic E-state index is 0.470. The van der Waals surface area contributed by atoms with Crippen LogP contribution in [0, 0.1) is 6.92 Å². The Balaban J connectivity index is 1.70. The second kappa shape index (κ2) is 5.48. The molecule has 1 unspecified atom stereocenters. The Kier molecular flexibility index (Phi) is 3.89. The molecule has 0 amide bonds. The lowest BCUT2D eigenvalue weighted by atomic mass is 10.2. The predicted octanol–water partition coefficient (Wildman–Crippen LogP) is 1.62. The zero-order valence-corrected chi connectivity index (χ0v) is 13.0. The van der Waals surface area contributed by atoms with E-state index in [-0.39, 0.29) is 0 Å². The monoisotopic (exact) mass is 280 g/mol. The van der Waals surface area contributed by atoms with Crippen LogP contribution in [0.4, 0.5) is 0 Å². The highest BCUT2D eigenvalue weighted by Gasteiger charge is 2.27. The summed E-state index contributed by atoms with van der Waals surface area (Å²) in [4.78, 5) is 11.1. The number of rotatable bonds is 4. The van der Waals surface area contributed by atoms with Crippen LogP contribution in [-0.4, -0.2) is 54.6 Å². The van der Waals surface area contributed by atoms with Crippen molar-refractivity contribution in [1.82, 2.24) is 20.1 Å². The largest absolute Gasteiger partial charge is 0.309 e. The molecular weight excluding hydrogens is 256 g/mol. The van der Waals surface area contributed by atoms with E-state index in [4.69, 9.17) is 4.98 Å². The molecule has 1 saturated heterocycles. The van der Waals surface area contributed by atoms with Gasteiger partial charge < -0.3 is 10.2 Å². The number of aryl methyl sites for hydroxylation is 1. The van der Waals surface area contributed by atoms with Gasteiger partial charge in [-0.15, -0.1) is 11.3 Å². The summed E-state index contributed by atoms with van der Waals surface area (Å²) < 4.78 is 0. The number of piperazine rings is 1. The number of thiazole rings is 1. The molecule has 0 bridgehead atoms. The first-order valence-electron chi connectivity index (χ1n) is 7.22. The molecule has 4 nitrogen and oxygen atoms in total. The van der Waals surface area contributed by atoms with Crippen molar-refractivity contribution in [2.45, 2.75) is 38.4 Å². The summed E-state index contributed by atoms with van der Waals surface area (Å²) >= 11 is 1.90. The molecule has 1 aliphatic carbocycles. The fourth-order valence-electron chi connectivity index (χ4n) is 2.56. The predicted molar refractivity (Wildman–Crippen MR) is 79.6 cm³/mol. The molecule has 3 rings (SSSR count). The summed E-state index contributed by atoms with van der Waals surface area (Å²) in [6.45, 7) is 6.54. The summed E-state index contributed by atoms with van der Waals surface area (Å²) in [5, 5.41) is 4.89. The van der Waals surface area contributed by atoms with E-state index >= 15 is 0 Å². The van der Waals surface area contributed by atoms with Gasteiger partial charge in [-0.2, -0.15) is 0 Å². The maximum atomic E-state index is 4.83. The fourth-order valence-corrected chi connectivity index (χ4v) is 3.73. The average molecular weight is 280 g/mol. The third kappa shape index (κ3) is 3.16. The Morgan fingerprint density at radius 1 is 1.32 bits per heavy atom. The van der Waals surface area contributed by atoms with Gasteiger partial charge in [0, 0.05) is 37.1 Å². The van der Waals surface area contributed by atoms with Crippen LogP contribution >= 0.6 is 11.3 Å². The normalized spacial score (nSPS) is 25.9. The molecule has 1 aromatic rings. The van der Waals surface area contributed by atoms with Crippen LogP contribution in [0.15, 0.2) is 0 Å². The molecule has 2 heterocycles. The molecule has 2 fully saturated rings. The van der Waals surface area contributed by atoms with Crippen LogP contribution in [-0.2, 0) is 6.54 Å². The topological polar surface area (TPSA) is 31.4 Å². The average Bonchev–Trinajstić information content (AvgIpc) is 3.14. The third-order valence-corrected chi connectivity index (χ3v) is 5.43. The SMILES string of the molecule is Cc1nc(C2CN(C)CCN2C)sc1CNC1CC1. The van der Waals surface area contributed by atoms with Crippen LogP contribution in [0.1, 0.15) is 34.5 Å². The van der Waals surface area contributed by atoms with Crippen LogP contribution < -0.4 is 5.32 Å². The van der Waals surface area contributed by atoms with Crippen molar-refractivity contribution < 1.29 is 0 Å². The number of hydrogen-bond donors (Lipinski definition) is 1. The summed E-state index contributed by atoms with van der Waals surface area (Å²) in [6.07, 6.45) is 2.70. The first-order valence-corrected chi connectivity index (χ1v) is 8.03. The zero-order valence-electron chi connectivity index (χ0n) is 12.1. The van der Waals surface area contributed by atoms with E-state index in [0.717, 1.165) is 32.2 Å². The summed E-state index contributed by atoms with van der Waals surface area (Å²) in [5.41, 5.74) is 1.22. The molecule has 106 valence electrons. The lowest BCUT2D eigenvalue weighted by Crippen LogP contribution is -2.44. The molecule has 2 aliphatic rings. The molecule has 0 spiro atoms. The first kappa shape index (κ1) is 13.5. The quantitative estimate of drug-likeness (QED) is 0.908. The van der Waals surface area contributed by atoms with Crippen LogP contribution in [0.25, 0.3) is 0 Å². The minimum atomic E-state index is 0.470. The maximum Gasteiger partial charge on any atom is 0.112 e. The standard InChI is InChI=1S/C14H24N4S/c1-10-13(8-15-11-4-5-11)19-14(16-10)12-9-17(2)6-7-18(12)3/h11-12,15H,4-9H2,1-3H3. The van der Waals surface area contributed by atoms with Crippen LogP contribution in [0.3, 0.4) is 0 Å². The number of nitrogens with zero attached hydrogens (tertiary/aromatic N) is 3. The molecule has 1 aromatic heterocycles. The molecule has 5 heteroatoms. The number of aromatic nitrogens is 1. The van der Waals surface area contributed by atoms with Gasteiger partial charge in [0.1, 0.15) is 5.01 Å². The highest BCUT2D eigenvalue weighted by Crippen LogP contribution is 2.30. The van der Waals surface area contributed by atoms with Gasteiger partial charge in [-0.05, 0) is 33.9 Å². The Morgan fingerprint density at radius 3 is 2.84 bits per heavy atom. The molecule has 1 aliphatic heterocycles. The van der Waals surface area contributed by atoms with Gasteiger partial charge in [-0.1, -0.05) is 0 Å². The van der Waals surface area contributed by atoms with Gasteiger partial charge in [-0.25, -0.2) is 4.98 Å². The Bertz CT molecular complexity index is 441. The molecule has 0 radical (unpaired) electrons. The maximum absolute atomic E-state index is 4.83. The molecule has 0 aromatic carbocycles. The highest BCUT2D eigenvalue weighted by atomic mass is 32.1. The zero-order chi connectivity index (χ0) is 13.4. The van der Waals surface area contributed by atoms with E-state index in [2.05, 4.69) is 36.1 Å². The number of hydrogen-bond acceptors (Lipinski definition) is 5. The van der Waals surface area contributed by atoms with E-state index in [1.165, 1.54) is 28.4 Å². The molecular formula is C14H24N4S. The van der Waals surface area contributed by atoms with Crippen LogP contribution in [0.2, 0.25) is 0 Å². The molecule has 19 heavy (non-hydrogen) atoms. The summed E-state index contributed by atoms with van der Waals surface area (Å²) in [7, 11) is 4.42. The van der Waals surface area contributed by atoms with E-state index in [9.17, 15) is 0 Å². The van der Waals surface area contributed by atoms with Crippen molar-refractivity contribution in [2.75, 3.05) is 33.7 Å². The lowest BCUT2D eigenvalue weighted by molar-refractivity contribution is 0.115. The molecule has 1 saturated carbocycles. The second-order valence-electron chi connectivity index (χ2n) is 5.97. The highest BCUT2D eigenvalue weighted by molar-refractivity contribution is 7.11. The Hall–Kier alpha value is -0.490. The van der Waals surface area contributed by atoms with Gasteiger partial charge >= 0.3 is 0 Å². The lowest BCUT2D eigenvalue weighted by Gasteiger charge is -2.36. The van der Waals surface area contributed by atoms with E-state index in [0.29, 0.717) is 6.04 Å². The Labute approximate surface area is 119 Å². The first-order chi connectivity index (χ1) is 9.13. The smallest absolute Gasteiger partial charge is 0.112 e. The van der Waals surface area contributed by atoms with Crippen molar-refractivity contribution >= 4 is 11.3 Å². The second-order valence-corrected chi connectivity index (χ2v) is 7.09. The third-order valence-electron chi connectivity index (χ3n) is 4.17. The van der Waals surface area contributed by atoms with E-state index in [1.807, 2.05) is 11.3 Å². The van der Waals surface area contributed by atoms with Crippen molar-refractivity contribution in [2.24, 2.45) is 0 Å². The fraction of sp³-hybridized carbons (Fsp3) is 0.786. The minimum Gasteiger partial charge on any atom is -0.309 e. The van der Waals surface area contributed by atoms with Crippen molar-refractivity contribution in [3.8, 4) is 0 Å². The van der Waals surface area contributed by atoms with E-state index in [1.54, 1.807) is 0 Å².